The van der Waals surface area contributed by atoms with E-state index in [0.717, 1.165) is 13.0 Å². The van der Waals surface area contributed by atoms with E-state index in [0.29, 0.717) is 6.04 Å². The third kappa shape index (κ3) is 3.40. The van der Waals surface area contributed by atoms with Gasteiger partial charge in [0.1, 0.15) is 0 Å². The van der Waals surface area contributed by atoms with Crippen LogP contribution in [0.25, 0.3) is 0 Å². The molecule has 0 aromatic heterocycles. The highest BCUT2D eigenvalue weighted by Crippen LogP contribution is 2.43. The van der Waals surface area contributed by atoms with Crippen LogP contribution in [0.5, 0.6) is 0 Å². The predicted molar refractivity (Wildman–Crippen MR) is 77.3 cm³/mol. The Hall–Kier alpha value is 0.210. The van der Waals surface area contributed by atoms with E-state index in [1.807, 2.05) is 7.11 Å². The number of alkyl halides is 1. The minimum atomic E-state index is 0.147. The molecule has 2 rings (SSSR count). The van der Waals surface area contributed by atoms with Crippen LogP contribution < -0.4 is 5.32 Å². The van der Waals surface area contributed by atoms with Gasteiger partial charge < -0.3 is 10.1 Å². The Balaban J connectivity index is 1.93. The average Bonchev–Trinajstić information content (AvgIpc) is 2.83. The summed E-state index contributed by atoms with van der Waals surface area (Å²) in [7, 11) is 1.84. The molecule has 0 aromatic rings. The van der Waals surface area contributed by atoms with Crippen LogP contribution in [0.1, 0.15) is 58.3 Å². The number of hydrogen-bond acceptors (Lipinski definition) is 2. The molecule has 1 heterocycles. The van der Waals surface area contributed by atoms with Crippen molar-refractivity contribution in [3.8, 4) is 0 Å². The monoisotopic (exact) mass is 273 g/mol. The molecule has 1 aliphatic heterocycles. The lowest BCUT2D eigenvalue weighted by atomic mass is 9.70. The first-order valence-corrected chi connectivity index (χ1v) is 7.99. The fraction of sp³-hybridized carbons (Fsp3) is 1.00. The Morgan fingerprint density at radius 3 is 2.56 bits per heavy atom. The standard InChI is InChI=1S/C15H28ClNO/c1-15(8-4-3-5-9-15)14(18-2)13(16)11-12-7-6-10-17-12/h12-14,17H,3-11H2,1-2H3. The maximum absolute atomic E-state index is 6.69. The van der Waals surface area contributed by atoms with Crippen molar-refractivity contribution in [3.63, 3.8) is 0 Å². The van der Waals surface area contributed by atoms with Crippen LogP contribution >= 0.6 is 11.6 Å². The summed E-state index contributed by atoms with van der Waals surface area (Å²) >= 11 is 6.69. The summed E-state index contributed by atoms with van der Waals surface area (Å²) in [4.78, 5) is 0. The highest BCUT2D eigenvalue weighted by molar-refractivity contribution is 6.21. The van der Waals surface area contributed by atoms with Gasteiger partial charge in [-0.05, 0) is 44.1 Å². The second-order valence-corrected chi connectivity index (χ2v) is 6.98. The number of halogens is 1. The first-order valence-electron chi connectivity index (χ1n) is 7.56. The van der Waals surface area contributed by atoms with E-state index in [1.54, 1.807) is 0 Å². The lowest BCUT2D eigenvalue weighted by Crippen LogP contribution is -2.43. The van der Waals surface area contributed by atoms with Crippen molar-refractivity contribution in [1.82, 2.24) is 5.32 Å². The molecule has 3 atom stereocenters. The van der Waals surface area contributed by atoms with Crippen LogP contribution in [0.3, 0.4) is 0 Å². The number of methoxy groups -OCH3 is 1. The normalized spacial score (nSPS) is 31.2. The third-order valence-corrected chi connectivity index (χ3v) is 5.34. The van der Waals surface area contributed by atoms with Crippen molar-refractivity contribution in [3.05, 3.63) is 0 Å². The van der Waals surface area contributed by atoms with Gasteiger partial charge in [-0.1, -0.05) is 26.2 Å². The molecule has 2 nitrogen and oxygen atoms in total. The summed E-state index contributed by atoms with van der Waals surface area (Å²) in [5.41, 5.74) is 0.290. The smallest absolute Gasteiger partial charge is 0.0788 e. The molecule has 1 aliphatic carbocycles. The molecular formula is C15H28ClNO. The van der Waals surface area contributed by atoms with Crippen molar-refractivity contribution in [1.29, 1.82) is 0 Å². The highest BCUT2D eigenvalue weighted by Gasteiger charge is 2.40. The molecule has 0 radical (unpaired) electrons. The maximum Gasteiger partial charge on any atom is 0.0788 e. The van der Waals surface area contributed by atoms with Gasteiger partial charge in [-0.3, -0.25) is 0 Å². The zero-order valence-electron chi connectivity index (χ0n) is 11.9. The van der Waals surface area contributed by atoms with E-state index < -0.39 is 0 Å². The van der Waals surface area contributed by atoms with Gasteiger partial charge in [0.25, 0.3) is 0 Å². The SMILES string of the molecule is COC(C(Cl)CC1CCCN1)C1(C)CCCCC1. The van der Waals surface area contributed by atoms with E-state index in [9.17, 15) is 0 Å². The Bertz CT molecular complexity index is 247. The molecule has 0 aromatic carbocycles. The number of nitrogens with one attached hydrogen (secondary N) is 1. The molecule has 18 heavy (non-hydrogen) atoms. The molecular weight excluding hydrogens is 246 g/mol. The molecule has 106 valence electrons. The molecule has 2 aliphatic rings. The second kappa shape index (κ2) is 6.58. The van der Waals surface area contributed by atoms with Crippen LogP contribution in [0.15, 0.2) is 0 Å². The predicted octanol–water partition coefficient (Wildman–Crippen LogP) is 3.72. The third-order valence-electron chi connectivity index (χ3n) is 4.94. The maximum atomic E-state index is 6.69. The molecule has 0 bridgehead atoms. The van der Waals surface area contributed by atoms with Crippen molar-refractivity contribution < 1.29 is 4.74 Å². The Kier molecular flexibility index (Phi) is 5.35. The van der Waals surface area contributed by atoms with Gasteiger partial charge in [-0.2, -0.15) is 0 Å². The molecule has 1 saturated heterocycles. The molecule has 0 amide bonds. The van der Waals surface area contributed by atoms with Crippen LogP contribution in [0, 0.1) is 5.41 Å². The molecule has 1 saturated carbocycles. The summed E-state index contributed by atoms with van der Waals surface area (Å²) in [6, 6.07) is 0.609. The average molecular weight is 274 g/mol. The first kappa shape index (κ1) is 14.6. The summed E-state index contributed by atoms with van der Waals surface area (Å²) in [5.74, 6) is 0. The minimum absolute atomic E-state index is 0.147. The Labute approximate surface area is 117 Å². The quantitative estimate of drug-likeness (QED) is 0.771. The van der Waals surface area contributed by atoms with E-state index in [1.165, 1.54) is 44.9 Å². The van der Waals surface area contributed by atoms with E-state index in [4.69, 9.17) is 16.3 Å². The zero-order chi connectivity index (χ0) is 13.0. The van der Waals surface area contributed by atoms with Crippen molar-refractivity contribution in [2.24, 2.45) is 5.41 Å². The lowest BCUT2D eigenvalue weighted by molar-refractivity contribution is -0.0282. The van der Waals surface area contributed by atoms with Crippen LogP contribution in [0.2, 0.25) is 0 Å². The summed E-state index contributed by atoms with van der Waals surface area (Å²) in [5, 5.41) is 3.69. The lowest BCUT2D eigenvalue weighted by Gasteiger charge is -2.42. The van der Waals surface area contributed by atoms with E-state index in [-0.39, 0.29) is 16.9 Å². The minimum Gasteiger partial charge on any atom is -0.379 e. The fourth-order valence-corrected chi connectivity index (χ4v) is 4.49. The molecule has 2 fully saturated rings. The second-order valence-electron chi connectivity index (χ2n) is 6.42. The van der Waals surface area contributed by atoms with Crippen molar-refractivity contribution >= 4 is 11.6 Å². The van der Waals surface area contributed by atoms with Gasteiger partial charge in [0.05, 0.1) is 11.5 Å². The van der Waals surface area contributed by atoms with Gasteiger partial charge in [0.15, 0.2) is 0 Å². The van der Waals surface area contributed by atoms with Gasteiger partial charge in [0.2, 0.25) is 0 Å². The Morgan fingerprint density at radius 2 is 2.00 bits per heavy atom. The largest absolute Gasteiger partial charge is 0.379 e. The number of ether oxygens (including phenoxy) is 1. The van der Waals surface area contributed by atoms with E-state index >= 15 is 0 Å². The van der Waals surface area contributed by atoms with Crippen molar-refractivity contribution in [2.45, 2.75) is 75.8 Å². The Morgan fingerprint density at radius 1 is 1.28 bits per heavy atom. The zero-order valence-corrected chi connectivity index (χ0v) is 12.6. The van der Waals surface area contributed by atoms with Gasteiger partial charge in [-0.15, -0.1) is 11.6 Å². The highest BCUT2D eigenvalue weighted by atomic mass is 35.5. The van der Waals surface area contributed by atoms with Crippen LogP contribution in [-0.2, 0) is 4.74 Å². The first-order chi connectivity index (χ1) is 8.65. The van der Waals surface area contributed by atoms with Gasteiger partial charge in [-0.25, -0.2) is 0 Å². The summed E-state index contributed by atoms with van der Waals surface area (Å²) in [6.45, 7) is 3.53. The van der Waals surface area contributed by atoms with E-state index in [2.05, 4.69) is 12.2 Å². The van der Waals surface area contributed by atoms with Crippen LogP contribution in [-0.4, -0.2) is 31.2 Å². The fourth-order valence-electron chi connectivity index (χ4n) is 3.87. The van der Waals surface area contributed by atoms with Gasteiger partial charge in [0, 0.05) is 13.2 Å². The summed E-state index contributed by atoms with van der Waals surface area (Å²) < 4.78 is 5.81. The molecule has 0 spiro atoms. The topological polar surface area (TPSA) is 21.3 Å². The number of hydrogen-bond donors (Lipinski definition) is 1. The molecule has 1 N–H and O–H groups in total. The molecule has 3 heteroatoms. The van der Waals surface area contributed by atoms with Gasteiger partial charge >= 0.3 is 0 Å². The summed E-state index contributed by atoms with van der Waals surface area (Å²) in [6.07, 6.45) is 10.4. The number of rotatable bonds is 5. The van der Waals surface area contributed by atoms with Crippen molar-refractivity contribution in [2.75, 3.05) is 13.7 Å². The van der Waals surface area contributed by atoms with Crippen LogP contribution in [0.4, 0.5) is 0 Å². The molecule has 3 unspecified atom stereocenters.